The second kappa shape index (κ2) is 4.04. The van der Waals surface area contributed by atoms with E-state index in [1.54, 1.807) is 14.2 Å². The number of benzene rings is 1. The molecule has 1 aromatic heterocycles. The molecule has 3 heteroatoms. The minimum atomic E-state index is -0.322. The van der Waals surface area contributed by atoms with E-state index in [1.165, 1.54) is 10.9 Å². The van der Waals surface area contributed by atoms with Gasteiger partial charge >= 0.3 is 0 Å². The van der Waals surface area contributed by atoms with Crippen LogP contribution in [0.5, 0.6) is 0 Å². The normalized spacial score (nSPS) is 11.5. The van der Waals surface area contributed by atoms with Crippen LogP contribution < -0.4 is 0 Å². The molecule has 0 unspecified atom stereocenters. The Balaban J connectivity index is 2.57. The first kappa shape index (κ1) is 10.2. The second-order valence-corrected chi connectivity index (χ2v) is 3.51. The minimum absolute atomic E-state index is 0.322. The zero-order valence-electron chi connectivity index (χ0n) is 9.20. The van der Waals surface area contributed by atoms with Crippen molar-refractivity contribution < 1.29 is 9.47 Å². The van der Waals surface area contributed by atoms with Gasteiger partial charge in [0.15, 0.2) is 6.29 Å². The standard InChI is InChI=1S/C12H15NO2/c1-8-9-6-4-5-7-10(9)13-11(8)12(14-2)15-3/h4-7,12-13H,1-3H3. The Bertz CT molecular complexity index is 458. The zero-order valence-corrected chi connectivity index (χ0v) is 9.20. The fourth-order valence-corrected chi connectivity index (χ4v) is 1.87. The maximum atomic E-state index is 5.24. The van der Waals surface area contributed by atoms with Gasteiger partial charge in [-0.05, 0) is 18.6 Å². The zero-order chi connectivity index (χ0) is 10.8. The molecule has 0 saturated carbocycles. The maximum Gasteiger partial charge on any atom is 0.198 e. The van der Waals surface area contributed by atoms with Crippen molar-refractivity contribution in [1.82, 2.24) is 4.98 Å². The topological polar surface area (TPSA) is 34.2 Å². The molecule has 0 radical (unpaired) electrons. The predicted octanol–water partition coefficient (Wildman–Crippen LogP) is 2.77. The number of fused-ring (bicyclic) bond motifs is 1. The molecule has 1 heterocycles. The van der Waals surface area contributed by atoms with E-state index in [2.05, 4.69) is 18.0 Å². The number of nitrogens with one attached hydrogen (secondary N) is 1. The van der Waals surface area contributed by atoms with Crippen molar-refractivity contribution in [1.29, 1.82) is 0 Å². The van der Waals surface area contributed by atoms with Gasteiger partial charge in [-0.2, -0.15) is 0 Å². The molecule has 80 valence electrons. The van der Waals surface area contributed by atoms with Gasteiger partial charge in [0.25, 0.3) is 0 Å². The number of methoxy groups -OCH3 is 2. The van der Waals surface area contributed by atoms with E-state index in [4.69, 9.17) is 9.47 Å². The number of aromatic amines is 1. The Morgan fingerprint density at radius 3 is 2.40 bits per heavy atom. The number of rotatable bonds is 3. The molecular weight excluding hydrogens is 190 g/mol. The first-order chi connectivity index (χ1) is 7.27. The average Bonchev–Trinajstić information content (AvgIpc) is 2.60. The Morgan fingerprint density at radius 1 is 1.13 bits per heavy atom. The second-order valence-electron chi connectivity index (χ2n) is 3.51. The van der Waals surface area contributed by atoms with Crippen molar-refractivity contribution in [3.8, 4) is 0 Å². The number of hydrogen-bond acceptors (Lipinski definition) is 2. The number of H-pyrrole nitrogens is 1. The van der Waals surface area contributed by atoms with E-state index >= 15 is 0 Å². The molecule has 3 nitrogen and oxygen atoms in total. The molecule has 0 amide bonds. The molecule has 0 spiro atoms. The Hall–Kier alpha value is -1.32. The summed E-state index contributed by atoms with van der Waals surface area (Å²) in [5, 5.41) is 1.21. The number of aromatic nitrogens is 1. The number of ether oxygens (including phenoxy) is 2. The highest BCUT2D eigenvalue weighted by atomic mass is 16.7. The summed E-state index contributed by atoms with van der Waals surface area (Å²) in [4.78, 5) is 3.32. The van der Waals surface area contributed by atoms with Gasteiger partial charge in [0.05, 0.1) is 5.69 Å². The fourth-order valence-electron chi connectivity index (χ4n) is 1.87. The molecule has 0 saturated heterocycles. The number of aryl methyl sites for hydroxylation is 1. The summed E-state index contributed by atoms with van der Waals surface area (Å²) in [5.41, 5.74) is 3.28. The van der Waals surface area contributed by atoms with Crippen LogP contribution in [-0.2, 0) is 9.47 Å². The van der Waals surface area contributed by atoms with Crippen LogP contribution in [0.2, 0.25) is 0 Å². The highest BCUT2D eigenvalue weighted by Gasteiger charge is 2.16. The van der Waals surface area contributed by atoms with E-state index in [0.717, 1.165) is 11.2 Å². The van der Waals surface area contributed by atoms with Crippen LogP contribution in [0.1, 0.15) is 17.5 Å². The lowest BCUT2D eigenvalue weighted by molar-refractivity contribution is -0.108. The quantitative estimate of drug-likeness (QED) is 0.782. The lowest BCUT2D eigenvalue weighted by Gasteiger charge is -2.12. The van der Waals surface area contributed by atoms with Crippen molar-refractivity contribution in [2.24, 2.45) is 0 Å². The van der Waals surface area contributed by atoms with Crippen LogP contribution in [-0.4, -0.2) is 19.2 Å². The van der Waals surface area contributed by atoms with E-state index in [9.17, 15) is 0 Å². The van der Waals surface area contributed by atoms with Gasteiger partial charge in [0.2, 0.25) is 0 Å². The van der Waals surface area contributed by atoms with E-state index in [0.29, 0.717) is 0 Å². The smallest absolute Gasteiger partial charge is 0.198 e. The van der Waals surface area contributed by atoms with Gasteiger partial charge in [0.1, 0.15) is 0 Å². The molecule has 0 aliphatic heterocycles. The van der Waals surface area contributed by atoms with Gasteiger partial charge in [0, 0.05) is 25.1 Å². The molecule has 0 fully saturated rings. The summed E-state index contributed by atoms with van der Waals surface area (Å²) in [6.45, 7) is 2.07. The summed E-state index contributed by atoms with van der Waals surface area (Å²) >= 11 is 0. The third-order valence-corrected chi connectivity index (χ3v) is 2.67. The Kier molecular flexibility index (Phi) is 2.75. The molecule has 0 atom stereocenters. The van der Waals surface area contributed by atoms with Crippen molar-refractivity contribution in [3.63, 3.8) is 0 Å². The average molecular weight is 205 g/mol. The summed E-state index contributed by atoms with van der Waals surface area (Å²) in [7, 11) is 3.28. The van der Waals surface area contributed by atoms with Crippen molar-refractivity contribution >= 4 is 10.9 Å². The fraction of sp³-hybridized carbons (Fsp3) is 0.333. The summed E-state index contributed by atoms with van der Waals surface area (Å²) in [6, 6.07) is 8.18. The van der Waals surface area contributed by atoms with Crippen molar-refractivity contribution in [2.45, 2.75) is 13.2 Å². The highest BCUT2D eigenvalue weighted by molar-refractivity contribution is 5.84. The third kappa shape index (κ3) is 1.64. The van der Waals surface area contributed by atoms with E-state index in [-0.39, 0.29) is 6.29 Å². The minimum Gasteiger partial charge on any atom is -0.354 e. The third-order valence-electron chi connectivity index (χ3n) is 2.67. The van der Waals surface area contributed by atoms with Gasteiger partial charge in [-0.3, -0.25) is 0 Å². The largest absolute Gasteiger partial charge is 0.354 e. The molecule has 1 aromatic carbocycles. The number of para-hydroxylation sites is 1. The maximum absolute atomic E-state index is 5.24. The van der Waals surface area contributed by atoms with Gasteiger partial charge in [-0.15, -0.1) is 0 Å². The van der Waals surface area contributed by atoms with Gasteiger partial charge < -0.3 is 14.5 Å². The lowest BCUT2D eigenvalue weighted by atomic mass is 10.1. The molecular formula is C12H15NO2. The molecule has 0 aliphatic rings. The monoisotopic (exact) mass is 205 g/mol. The lowest BCUT2D eigenvalue weighted by Crippen LogP contribution is -2.05. The molecule has 0 aliphatic carbocycles. The molecule has 15 heavy (non-hydrogen) atoms. The molecule has 2 rings (SSSR count). The van der Waals surface area contributed by atoms with Crippen molar-refractivity contribution in [3.05, 3.63) is 35.5 Å². The van der Waals surface area contributed by atoms with Crippen LogP contribution in [0.25, 0.3) is 10.9 Å². The summed E-state index contributed by atoms with van der Waals surface area (Å²) in [5.74, 6) is 0. The van der Waals surface area contributed by atoms with Crippen molar-refractivity contribution in [2.75, 3.05) is 14.2 Å². The molecule has 2 aromatic rings. The Morgan fingerprint density at radius 2 is 1.80 bits per heavy atom. The van der Waals surface area contributed by atoms with E-state index in [1.807, 2.05) is 18.2 Å². The Labute approximate surface area is 89.0 Å². The predicted molar refractivity (Wildman–Crippen MR) is 59.8 cm³/mol. The highest BCUT2D eigenvalue weighted by Crippen LogP contribution is 2.27. The van der Waals surface area contributed by atoms with Crippen LogP contribution in [0, 0.1) is 6.92 Å². The van der Waals surface area contributed by atoms with Crippen LogP contribution >= 0.6 is 0 Å². The molecule has 0 bridgehead atoms. The van der Waals surface area contributed by atoms with Gasteiger partial charge in [-0.25, -0.2) is 0 Å². The van der Waals surface area contributed by atoms with E-state index < -0.39 is 0 Å². The van der Waals surface area contributed by atoms with Crippen LogP contribution in [0.4, 0.5) is 0 Å². The van der Waals surface area contributed by atoms with Crippen LogP contribution in [0.3, 0.4) is 0 Å². The first-order valence-electron chi connectivity index (χ1n) is 4.90. The summed E-state index contributed by atoms with van der Waals surface area (Å²) in [6.07, 6.45) is -0.322. The summed E-state index contributed by atoms with van der Waals surface area (Å²) < 4.78 is 10.5. The first-order valence-corrected chi connectivity index (χ1v) is 4.90. The van der Waals surface area contributed by atoms with Crippen LogP contribution in [0.15, 0.2) is 24.3 Å². The molecule has 1 N–H and O–H groups in total. The number of hydrogen-bond donors (Lipinski definition) is 1. The SMILES string of the molecule is COC(OC)c1[nH]c2ccccc2c1C. The van der Waals surface area contributed by atoms with Gasteiger partial charge in [-0.1, -0.05) is 18.2 Å².